The van der Waals surface area contributed by atoms with Crippen molar-refractivity contribution >= 4 is 42.3 Å². The zero-order valence-electron chi connectivity index (χ0n) is 10.4. The lowest BCUT2D eigenvalue weighted by Gasteiger charge is -2.16. The van der Waals surface area contributed by atoms with Crippen LogP contribution in [0.3, 0.4) is 0 Å². The predicted octanol–water partition coefficient (Wildman–Crippen LogP) is 4.64. The Kier molecular flexibility index (Phi) is 6.26. The topological polar surface area (TPSA) is 18.5 Å². The molecule has 0 aromatic heterocycles. The average molecular weight is 385 g/mol. The zero-order valence-corrected chi connectivity index (χ0v) is 14.3. The predicted molar refractivity (Wildman–Crippen MR) is 83.8 cm³/mol. The van der Waals surface area contributed by atoms with Gasteiger partial charge in [0.2, 0.25) is 0 Å². The maximum Gasteiger partial charge on any atom is 0.189 e. The van der Waals surface area contributed by atoms with Crippen molar-refractivity contribution in [2.45, 2.75) is 25.7 Å². The van der Waals surface area contributed by atoms with E-state index < -0.39 is 8.07 Å². The van der Waals surface area contributed by atoms with E-state index in [1.54, 1.807) is 0 Å². The van der Waals surface area contributed by atoms with E-state index in [1.807, 2.05) is 18.2 Å². The van der Waals surface area contributed by atoms with E-state index in [9.17, 15) is 0 Å². The highest BCUT2D eigenvalue weighted by Gasteiger charge is 2.12. The molecule has 0 atom stereocenters. The van der Waals surface area contributed by atoms with Gasteiger partial charge in [0.05, 0.1) is 8.59 Å². The van der Waals surface area contributed by atoms with Gasteiger partial charge in [-0.15, -0.1) is 0 Å². The Morgan fingerprint density at radius 2 is 2.00 bits per heavy atom. The largest absolute Gasteiger partial charge is 0.465 e. The van der Waals surface area contributed by atoms with Crippen LogP contribution in [-0.4, -0.2) is 21.5 Å². The SMILES string of the molecule is C[Si](C)(C)CCOCOc1c(Cl)cccc1I. The first-order valence-corrected chi connectivity index (χ1v) is 10.7. The second-order valence-electron chi connectivity index (χ2n) is 5.03. The van der Waals surface area contributed by atoms with Crippen LogP contribution in [0, 0.1) is 3.57 Å². The Balaban J connectivity index is 2.32. The van der Waals surface area contributed by atoms with Crippen LogP contribution in [0.4, 0.5) is 0 Å². The Morgan fingerprint density at radius 1 is 1.29 bits per heavy atom. The third-order valence-electron chi connectivity index (χ3n) is 2.20. The van der Waals surface area contributed by atoms with Crippen molar-refractivity contribution in [1.29, 1.82) is 0 Å². The van der Waals surface area contributed by atoms with Crippen LogP contribution in [0.25, 0.3) is 0 Å². The average Bonchev–Trinajstić information content (AvgIpc) is 2.20. The summed E-state index contributed by atoms with van der Waals surface area (Å²) in [5.74, 6) is 0.711. The molecule has 0 fully saturated rings. The third kappa shape index (κ3) is 6.08. The van der Waals surface area contributed by atoms with Crippen molar-refractivity contribution in [3.05, 3.63) is 26.8 Å². The molecule has 0 N–H and O–H groups in total. The first-order chi connectivity index (χ1) is 7.90. The van der Waals surface area contributed by atoms with Gasteiger partial charge in [-0.25, -0.2) is 0 Å². The molecule has 1 aromatic carbocycles. The van der Waals surface area contributed by atoms with Gasteiger partial charge in [0.1, 0.15) is 0 Å². The third-order valence-corrected chi connectivity index (χ3v) is 5.05. The summed E-state index contributed by atoms with van der Waals surface area (Å²) in [5, 5.41) is 0.630. The molecule has 17 heavy (non-hydrogen) atoms. The van der Waals surface area contributed by atoms with Gasteiger partial charge >= 0.3 is 0 Å². The van der Waals surface area contributed by atoms with E-state index in [0.29, 0.717) is 10.8 Å². The fourth-order valence-electron chi connectivity index (χ4n) is 1.16. The molecule has 0 aliphatic heterocycles. The molecule has 0 heterocycles. The molecule has 2 nitrogen and oxygen atoms in total. The number of ether oxygens (including phenoxy) is 2. The van der Waals surface area contributed by atoms with Gasteiger partial charge in [-0.3, -0.25) is 0 Å². The first kappa shape index (κ1) is 15.3. The molecule has 96 valence electrons. The number of hydrogen-bond acceptors (Lipinski definition) is 2. The lowest BCUT2D eigenvalue weighted by Crippen LogP contribution is -2.22. The minimum Gasteiger partial charge on any atom is -0.465 e. The molecule has 0 saturated heterocycles. The van der Waals surface area contributed by atoms with E-state index >= 15 is 0 Å². The summed E-state index contributed by atoms with van der Waals surface area (Å²) in [7, 11) is -1.02. The lowest BCUT2D eigenvalue weighted by atomic mass is 10.3. The smallest absolute Gasteiger partial charge is 0.189 e. The summed E-state index contributed by atoms with van der Waals surface area (Å²) in [6.07, 6.45) is 0. The number of para-hydroxylation sites is 1. The standard InChI is InChI=1S/C12H18ClIO2Si/c1-17(2,3)8-7-15-9-16-12-10(13)5-4-6-11(12)14/h4-6H,7-9H2,1-3H3. The summed E-state index contributed by atoms with van der Waals surface area (Å²) in [5.41, 5.74) is 0. The van der Waals surface area contributed by atoms with Crippen LogP contribution < -0.4 is 4.74 Å². The Labute approximate surface area is 123 Å². The molecule has 0 amide bonds. The molecule has 0 spiro atoms. The first-order valence-electron chi connectivity index (χ1n) is 5.55. The molecule has 1 rings (SSSR count). The second kappa shape index (κ2) is 6.97. The van der Waals surface area contributed by atoms with E-state index in [0.717, 1.165) is 16.2 Å². The minimum atomic E-state index is -1.02. The van der Waals surface area contributed by atoms with E-state index in [-0.39, 0.29) is 6.79 Å². The highest BCUT2D eigenvalue weighted by Crippen LogP contribution is 2.29. The van der Waals surface area contributed by atoms with Crippen LogP contribution >= 0.6 is 34.2 Å². The summed E-state index contributed by atoms with van der Waals surface area (Å²) < 4.78 is 12.0. The highest BCUT2D eigenvalue weighted by atomic mass is 127. The van der Waals surface area contributed by atoms with Crippen LogP contribution in [0.5, 0.6) is 5.75 Å². The van der Waals surface area contributed by atoms with Crippen LogP contribution in [-0.2, 0) is 4.74 Å². The van der Waals surface area contributed by atoms with E-state index in [2.05, 4.69) is 42.2 Å². The van der Waals surface area contributed by atoms with Gasteiger partial charge in [-0.1, -0.05) is 37.3 Å². The van der Waals surface area contributed by atoms with Gasteiger partial charge in [-0.2, -0.15) is 0 Å². The van der Waals surface area contributed by atoms with Gasteiger partial charge < -0.3 is 9.47 Å². The van der Waals surface area contributed by atoms with Crippen molar-refractivity contribution in [3.8, 4) is 5.75 Å². The molecular formula is C12H18ClIO2Si. The molecule has 0 aliphatic carbocycles. The Bertz CT molecular complexity index is 346. The highest BCUT2D eigenvalue weighted by molar-refractivity contribution is 14.1. The molecule has 0 radical (unpaired) electrons. The maximum absolute atomic E-state index is 6.04. The van der Waals surface area contributed by atoms with Crippen LogP contribution in [0.15, 0.2) is 18.2 Å². The number of benzene rings is 1. The van der Waals surface area contributed by atoms with Gasteiger partial charge in [0, 0.05) is 14.7 Å². The van der Waals surface area contributed by atoms with Crippen molar-refractivity contribution in [2.75, 3.05) is 13.4 Å². The molecule has 0 bridgehead atoms. The number of hydrogen-bond donors (Lipinski definition) is 0. The summed E-state index contributed by atoms with van der Waals surface area (Å²) in [4.78, 5) is 0. The normalized spacial score (nSPS) is 11.6. The maximum atomic E-state index is 6.04. The fourth-order valence-corrected chi connectivity index (χ4v) is 2.96. The molecule has 5 heteroatoms. The van der Waals surface area contributed by atoms with Crippen LogP contribution in [0.1, 0.15) is 0 Å². The fraction of sp³-hybridized carbons (Fsp3) is 0.500. The minimum absolute atomic E-state index is 0.268. The number of rotatable bonds is 6. The summed E-state index contributed by atoms with van der Waals surface area (Å²) in [6, 6.07) is 6.84. The molecule has 0 unspecified atom stereocenters. The van der Waals surface area contributed by atoms with Gasteiger partial charge in [0.25, 0.3) is 0 Å². The lowest BCUT2D eigenvalue weighted by molar-refractivity contribution is 0.0216. The second-order valence-corrected chi connectivity index (χ2v) is 12.2. The van der Waals surface area contributed by atoms with Crippen molar-refractivity contribution in [3.63, 3.8) is 0 Å². The van der Waals surface area contributed by atoms with Crippen molar-refractivity contribution in [1.82, 2.24) is 0 Å². The van der Waals surface area contributed by atoms with Crippen LogP contribution in [0.2, 0.25) is 30.7 Å². The molecule has 0 aliphatic rings. The van der Waals surface area contributed by atoms with Crippen molar-refractivity contribution in [2.24, 2.45) is 0 Å². The molecule has 0 saturated carbocycles. The van der Waals surface area contributed by atoms with Gasteiger partial charge in [0.15, 0.2) is 12.5 Å². The zero-order chi connectivity index (χ0) is 12.9. The van der Waals surface area contributed by atoms with Gasteiger partial charge in [-0.05, 0) is 40.8 Å². The number of halogens is 2. The van der Waals surface area contributed by atoms with E-state index in [4.69, 9.17) is 21.1 Å². The summed E-state index contributed by atoms with van der Waals surface area (Å²) in [6.45, 7) is 8.01. The van der Waals surface area contributed by atoms with Crippen molar-refractivity contribution < 1.29 is 9.47 Å². The Hall–Kier alpha value is 0.217. The summed E-state index contributed by atoms with van der Waals surface area (Å²) >= 11 is 8.24. The Morgan fingerprint density at radius 3 is 2.59 bits per heavy atom. The monoisotopic (exact) mass is 384 g/mol. The molecule has 1 aromatic rings. The van der Waals surface area contributed by atoms with E-state index in [1.165, 1.54) is 0 Å². The molecular weight excluding hydrogens is 367 g/mol. The quantitative estimate of drug-likeness (QED) is 0.308.